The van der Waals surface area contributed by atoms with Crippen LogP contribution < -0.4 is 0 Å². The van der Waals surface area contributed by atoms with Crippen molar-refractivity contribution in [3.05, 3.63) is 0 Å². The molecule has 2 aliphatic rings. The first kappa shape index (κ1) is 9.00. The predicted octanol–water partition coefficient (Wildman–Crippen LogP) is 1.03. The molecule has 1 aliphatic heterocycles. The van der Waals surface area contributed by atoms with Crippen molar-refractivity contribution in [3.8, 4) is 0 Å². The summed E-state index contributed by atoms with van der Waals surface area (Å²) in [6.45, 7) is 4.23. The van der Waals surface area contributed by atoms with Crippen molar-refractivity contribution in [2.75, 3.05) is 19.7 Å². The topological polar surface area (TPSA) is 29.5 Å². The molecule has 1 saturated carbocycles. The Labute approximate surface area is 79.0 Å². The minimum Gasteiger partial charge on any atom is -0.376 e. The molecule has 1 atom stereocenters. The SMILES string of the molecule is CC(=O)N1CCC(OCC2CC2)C1. The van der Waals surface area contributed by atoms with Crippen LogP contribution in [-0.4, -0.2) is 36.6 Å². The second-order valence-corrected chi connectivity index (χ2v) is 4.15. The van der Waals surface area contributed by atoms with E-state index in [4.69, 9.17) is 4.74 Å². The lowest BCUT2D eigenvalue weighted by Gasteiger charge is -2.14. The largest absolute Gasteiger partial charge is 0.376 e. The summed E-state index contributed by atoms with van der Waals surface area (Å²) in [4.78, 5) is 12.9. The molecule has 0 aromatic heterocycles. The number of nitrogens with zero attached hydrogens (tertiary/aromatic N) is 1. The Hall–Kier alpha value is -0.570. The highest BCUT2D eigenvalue weighted by Gasteiger charge is 2.27. The van der Waals surface area contributed by atoms with Crippen LogP contribution in [0.1, 0.15) is 26.2 Å². The van der Waals surface area contributed by atoms with E-state index in [-0.39, 0.29) is 5.91 Å². The third kappa shape index (κ3) is 2.44. The quantitative estimate of drug-likeness (QED) is 0.654. The molecule has 0 N–H and O–H groups in total. The maximum Gasteiger partial charge on any atom is 0.219 e. The van der Waals surface area contributed by atoms with Gasteiger partial charge in [0.15, 0.2) is 0 Å². The number of carbonyl (C=O) groups is 1. The zero-order chi connectivity index (χ0) is 9.26. The fourth-order valence-corrected chi connectivity index (χ4v) is 1.71. The molecule has 3 heteroatoms. The van der Waals surface area contributed by atoms with Crippen LogP contribution in [0.4, 0.5) is 0 Å². The maximum atomic E-state index is 11.0. The average molecular weight is 183 g/mol. The second-order valence-electron chi connectivity index (χ2n) is 4.15. The molecule has 13 heavy (non-hydrogen) atoms. The summed E-state index contributed by atoms with van der Waals surface area (Å²) in [7, 11) is 0. The molecule has 74 valence electrons. The van der Waals surface area contributed by atoms with Crippen molar-refractivity contribution in [2.24, 2.45) is 5.92 Å². The summed E-state index contributed by atoms with van der Waals surface area (Å²) in [6, 6.07) is 0. The molecule has 0 radical (unpaired) electrons. The molecular formula is C10H17NO2. The smallest absolute Gasteiger partial charge is 0.219 e. The summed E-state index contributed by atoms with van der Waals surface area (Å²) >= 11 is 0. The number of rotatable bonds is 3. The molecule has 1 amide bonds. The number of hydrogen-bond donors (Lipinski definition) is 0. The standard InChI is InChI=1S/C10H17NO2/c1-8(12)11-5-4-10(6-11)13-7-9-2-3-9/h9-10H,2-7H2,1H3. The van der Waals surface area contributed by atoms with E-state index in [1.807, 2.05) is 4.90 Å². The fourth-order valence-electron chi connectivity index (χ4n) is 1.71. The Balaban J connectivity index is 1.67. The zero-order valence-corrected chi connectivity index (χ0v) is 8.16. The van der Waals surface area contributed by atoms with Gasteiger partial charge in [-0.15, -0.1) is 0 Å². The number of hydrogen-bond acceptors (Lipinski definition) is 2. The third-order valence-corrected chi connectivity index (χ3v) is 2.85. The van der Waals surface area contributed by atoms with Crippen molar-refractivity contribution in [1.82, 2.24) is 4.90 Å². The minimum absolute atomic E-state index is 0.178. The zero-order valence-electron chi connectivity index (χ0n) is 8.16. The summed E-state index contributed by atoms with van der Waals surface area (Å²) < 4.78 is 5.71. The van der Waals surface area contributed by atoms with E-state index >= 15 is 0 Å². The highest BCUT2D eigenvalue weighted by Crippen LogP contribution is 2.29. The van der Waals surface area contributed by atoms with Crippen LogP contribution in [0.2, 0.25) is 0 Å². The van der Waals surface area contributed by atoms with Crippen molar-refractivity contribution < 1.29 is 9.53 Å². The third-order valence-electron chi connectivity index (χ3n) is 2.85. The van der Waals surface area contributed by atoms with Crippen LogP contribution in [0.5, 0.6) is 0 Å². The number of carbonyl (C=O) groups excluding carboxylic acids is 1. The molecule has 3 nitrogen and oxygen atoms in total. The van der Waals surface area contributed by atoms with Crippen molar-refractivity contribution in [2.45, 2.75) is 32.3 Å². The summed E-state index contributed by atoms with van der Waals surface area (Å²) in [6.07, 6.45) is 4.00. The van der Waals surface area contributed by atoms with Crippen molar-refractivity contribution in [3.63, 3.8) is 0 Å². The van der Waals surface area contributed by atoms with Gasteiger partial charge in [0.05, 0.1) is 6.10 Å². The van der Waals surface area contributed by atoms with E-state index < -0.39 is 0 Å². The Morgan fingerprint density at radius 2 is 2.23 bits per heavy atom. The molecule has 0 aromatic rings. The molecule has 2 rings (SSSR count). The molecule has 0 aromatic carbocycles. The van der Waals surface area contributed by atoms with Gasteiger partial charge < -0.3 is 9.64 Å². The second kappa shape index (κ2) is 3.66. The maximum absolute atomic E-state index is 11.0. The van der Waals surface area contributed by atoms with Gasteiger partial charge in [-0.2, -0.15) is 0 Å². The Morgan fingerprint density at radius 1 is 1.46 bits per heavy atom. The molecule has 1 aliphatic carbocycles. The van der Waals surface area contributed by atoms with Crippen LogP contribution in [0, 0.1) is 5.92 Å². The summed E-state index contributed by atoms with van der Waals surface area (Å²) in [5.74, 6) is 1.00. The first-order valence-corrected chi connectivity index (χ1v) is 5.13. The molecule has 2 fully saturated rings. The summed E-state index contributed by atoms with van der Waals surface area (Å²) in [5, 5.41) is 0. The molecular weight excluding hydrogens is 166 g/mol. The molecule has 0 spiro atoms. The van der Waals surface area contributed by atoms with Crippen LogP contribution in [-0.2, 0) is 9.53 Å². The Kier molecular flexibility index (Phi) is 2.54. The molecule has 1 unspecified atom stereocenters. The lowest BCUT2D eigenvalue weighted by Crippen LogP contribution is -2.27. The van der Waals surface area contributed by atoms with Crippen LogP contribution in [0.25, 0.3) is 0 Å². The van der Waals surface area contributed by atoms with Crippen LogP contribution >= 0.6 is 0 Å². The number of amides is 1. The monoisotopic (exact) mass is 183 g/mol. The average Bonchev–Trinajstić information content (AvgIpc) is 2.79. The molecule has 1 saturated heterocycles. The summed E-state index contributed by atoms with van der Waals surface area (Å²) in [5.41, 5.74) is 0. The lowest BCUT2D eigenvalue weighted by molar-refractivity contribution is -0.128. The van der Waals surface area contributed by atoms with E-state index in [9.17, 15) is 4.79 Å². The minimum atomic E-state index is 0.178. The van der Waals surface area contributed by atoms with Gasteiger partial charge in [-0.05, 0) is 25.2 Å². The lowest BCUT2D eigenvalue weighted by atomic mass is 10.3. The van der Waals surface area contributed by atoms with E-state index in [0.29, 0.717) is 6.10 Å². The Bertz CT molecular complexity index is 201. The van der Waals surface area contributed by atoms with Gasteiger partial charge in [0.1, 0.15) is 0 Å². The number of likely N-dealkylation sites (tertiary alicyclic amines) is 1. The van der Waals surface area contributed by atoms with Crippen LogP contribution in [0.3, 0.4) is 0 Å². The van der Waals surface area contributed by atoms with Gasteiger partial charge in [-0.3, -0.25) is 4.79 Å². The highest BCUT2D eigenvalue weighted by atomic mass is 16.5. The van der Waals surface area contributed by atoms with Gasteiger partial charge in [-0.1, -0.05) is 0 Å². The molecule has 0 bridgehead atoms. The van der Waals surface area contributed by atoms with Crippen LogP contribution in [0.15, 0.2) is 0 Å². The van der Waals surface area contributed by atoms with Gasteiger partial charge in [-0.25, -0.2) is 0 Å². The van der Waals surface area contributed by atoms with E-state index in [0.717, 1.165) is 32.0 Å². The van der Waals surface area contributed by atoms with E-state index in [2.05, 4.69) is 0 Å². The first-order chi connectivity index (χ1) is 6.25. The normalized spacial score (nSPS) is 28.1. The van der Waals surface area contributed by atoms with Gasteiger partial charge in [0, 0.05) is 26.6 Å². The van der Waals surface area contributed by atoms with Crippen molar-refractivity contribution >= 4 is 5.91 Å². The highest BCUT2D eigenvalue weighted by molar-refractivity contribution is 5.73. The van der Waals surface area contributed by atoms with Gasteiger partial charge in [0.25, 0.3) is 0 Å². The first-order valence-electron chi connectivity index (χ1n) is 5.13. The molecule has 1 heterocycles. The fraction of sp³-hybridized carbons (Fsp3) is 0.900. The van der Waals surface area contributed by atoms with E-state index in [1.165, 1.54) is 12.8 Å². The van der Waals surface area contributed by atoms with Gasteiger partial charge in [0.2, 0.25) is 5.91 Å². The Morgan fingerprint density at radius 3 is 2.77 bits per heavy atom. The van der Waals surface area contributed by atoms with E-state index in [1.54, 1.807) is 6.92 Å². The number of ether oxygens (including phenoxy) is 1. The van der Waals surface area contributed by atoms with Crippen molar-refractivity contribution in [1.29, 1.82) is 0 Å². The van der Waals surface area contributed by atoms with Gasteiger partial charge >= 0.3 is 0 Å². The predicted molar refractivity (Wildman–Crippen MR) is 49.3 cm³/mol.